The smallest absolute Gasteiger partial charge is 0.312 e. The number of thiophene rings is 1. The van der Waals surface area contributed by atoms with Crippen LogP contribution in [0.1, 0.15) is 20.9 Å². The fraction of sp³-hybridized carbons (Fsp3) is 0.0667. The molecular formula is C30H22N4O4S. The number of para-hydroxylation sites is 1. The van der Waals surface area contributed by atoms with Gasteiger partial charge in [-0.2, -0.15) is 0 Å². The Labute approximate surface area is 227 Å². The minimum Gasteiger partial charge on any atom is -0.539 e. The lowest BCUT2D eigenvalue weighted by atomic mass is 9.98. The molecule has 3 aromatic heterocycles. The summed E-state index contributed by atoms with van der Waals surface area (Å²) in [7, 11) is 1.62. The Kier molecular flexibility index (Phi) is 6.05. The Morgan fingerprint density at radius 1 is 1.00 bits per heavy atom. The fourth-order valence-electron chi connectivity index (χ4n) is 4.45. The number of pyridine rings is 1. The normalized spacial score (nSPS) is 11.1. The van der Waals surface area contributed by atoms with E-state index in [4.69, 9.17) is 20.0 Å². The van der Waals surface area contributed by atoms with Crippen molar-refractivity contribution in [2.45, 2.75) is 6.92 Å². The maximum absolute atomic E-state index is 13.8. The fourth-order valence-corrected chi connectivity index (χ4v) is 5.51. The number of rotatable bonds is 6. The zero-order valence-electron chi connectivity index (χ0n) is 21.0. The van der Waals surface area contributed by atoms with Crippen LogP contribution in [0.3, 0.4) is 0 Å². The molecule has 3 aromatic carbocycles. The molecular weight excluding hydrogens is 512 g/mol. The van der Waals surface area contributed by atoms with Crippen molar-refractivity contribution in [2.75, 3.05) is 12.8 Å². The Balaban J connectivity index is 1.55. The Hall–Kier alpha value is -5.02. The SMILES string of the molecule is COc1ccc(-c2cc(-c3ccc(C)cc3)c3c(N)c(C(=O)c4c([O-])on[n+]4-c4ccccc4)sc3n2)cc1. The number of aryl methyl sites for hydroxylation is 1. The lowest BCUT2D eigenvalue weighted by Gasteiger charge is -2.10. The first kappa shape index (κ1) is 24.3. The van der Waals surface area contributed by atoms with Crippen LogP contribution in [0.25, 0.3) is 38.3 Å². The monoisotopic (exact) mass is 534 g/mol. The van der Waals surface area contributed by atoms with Crippen molar-refractivity contribution in [3.05, 3.63) is 101 Å². The van der Waals surface area contributed by atoms with Gasteiger partial charge in [-0.3, -0.25) is 4.79 Å². The molecule has 2 N–H and O–H groups in total. The van der Waals surface area contributed by atoms with E-state index in [0.29, 0.717) is 15.9 Å². The molecule has 9 heteroatoms. The summed E-state index contributed by atoms with van der Waals surface area (Å²) in [5, 5.41) is 17.1. The van der Waals surface area contributed by atoms with Gasteiger partial charge < -0.3 is 20.1 Å². The summed E-state index contributed by atoms with van der Waals surface area (Å²) in [5.41, 5.74) is 11.7. The van der Waals surface area contributed by atoms with E-state index in [1.165, 1.54) is 4.68 Å². The molecule has 3 heterocycles. The largest absolute Gasteiger partial charge is 0.539 e. The molecule has 0 saturated carbocycles. The number of nitrogen functional groups attached to an aromatic ring is 1. The summed E-state index contributed by atoms with van der Waals surface area (Å²) in [6.07, 6.45) is 0. The Morgan fingerprint density at radius 3 is 2.38 bits per heavy atom. The van der Waals surface area contributed by atoms with Gasteiger partial charge in [0.15, 0.2) is 5.95 Å². The van der Waals surface area contributed by atoms with Crippen molar-refractivity contribution in [1.29, 1.82) is 0 Å². The number of nitrogens with zero attached hydrogens (tertiary/aromatic N) is 3. The van der Waals surface area contributed by atoms with Gasteiger partial charge >= 0.3 is 5.69 Å². The molecule has 0 fully saturated rings. The predicted octanol–water partition coefficient (Wildman–Crippen LogP) is 5.10. The van der Waals surface area contributed by atoms with Crippen molar-refractivity contribution < 1.29 is 23.8 Å². The molecule has 0 bridgehead atoms. The zero-order valence-corrected chi connectivity index (χ0v) is 21.9. The molecule has 0 amide bonds. The lowest BCUT2D eigenvalue weighted by molar-refractivity contribution is -0.672. The van der Waals surface area contributed by atoms with Gasteiger partial charge in [-0.25, -0.2) is 4.98 Å². The van der Waals surface area contributed by atoms with E-state index in [1.807, 2.05) is 67.6 Å². The van der Waals surface area contributed by atoms with Crippen molar-refractivity contribution >= 4 is 33.0 Å². The van der Waals surface area contributed by atoms with Gasteiger partial charge in [0, 0.05) is 23.1 Å². The standard InChI is InChI=1S/C30H22N4O4S/c1-17-8-10-18(11-9-17)22-16-23(19-12-14-21(37-2)15-13-19)32-29-24(22)25(31)28(39-29)27(35)26-30(36)38-33-34(26)20-6-4-3-5-7-20/h3-16H,1-2H3,(H2-,31,33,35,36). The van der Waals surface area contributed by atoms with Gasteiger partial charge in [0.2, 0.25) is 5.69 Å². The highest BCUT2D eigenvalue weighted by Gasteiger charge is 2.32. The number of carbonyl (C=O) groups is 1. The van der Waals surface area contributed by atoms with Gasteiger partial charge in [0.25, 0.3) is 5.78 Å². The molecule has 6 aromatic rings. The van der Waals surface area contributed by atoms with Gasteiger partial charge in [0.1, 0.15) is 15.5 Å². The molecule has 39 heavy (non-hydrogen) atoms. The number of hydrogen-bond donors (Lipinski definition) is 1. The molecule has 0 atom stereocenters. The molecule has 0 aliphatic rings. The maximum Gasteiger partial charge on any atom is 0.312 e. The van der Waals surface area contributed by atoms with Crippen LogP contribution in [0.2, 0.25) is 0 Å². The molecule has 0 aliphatic heterocycles. The molecule has 0 unspecified atom stereocenters. The summed E-state index contributed by atoms with van der Waals surface area (Å²) in [5.74, 6) is -0.682. The van der Waals surface area contributed by atoms with Crippen LogP contribution in [0.5, 0.6) is 11.7 Å². The second-order valence-electron chi connectivity index (χ2n) is 8.96. The number of ether oxygens (including phenoxy) is 1. The first-order chi connectivity index (χ1) is 18.9. The minimum atomic E-state index is -0.841. The van der Waals surface area contributed by atoms with Crippen molar-refractivity contribution in [2.24, 2.45) is 0 Å². The number of ketones is 1. The molecule has 6 rings (SSSR count). The number of aromatic nitrogens is 3. The van der Waals surface area contributed by atoms with Crippen LogP contribution in [-0.2, 0) is 0 Å². The molecule has 0 radical (unpaired) electrons. The second-order valence-corrected chi connectivity index (χ2v) is 9.96. The van der Waals surface area contributed by atoms with Crippen LogP contribution in [0.4, 0.5) is 5.69 Å². The molecule has 192 valence electrons. The first-order valence-corrected chi connectivity index (χ1v) is 12.9. The second kappa shape index (κ2) is 9.70. The number of benzene rings is 3. The molecule has 0 aliphatic carbocycles. The van der Waals surface area contributed by atoms with Crippen LogP contribution in [0, 0.1) is 6.92 Å². The maximum atomic E-state index is 13.8. The van der Waals surface area contributed by atoms with Crippen LogP contribution in [0.15, 0.2) is 89.5 Å². The van der Waals surface area contributed by atoms with Crippen molar-refractivity contribution in [3.63, 3.8) is 0 Å². The number of carbonyl (C=O) groups excluding carboxylic acids is 1. The Morgan fingerprint density at radius 2 is 1.69 bits per heavy atom. The number of hydrogen-bond acceptors (Lipinski definition) is 8. The van der Waals surface area contributed by atoms with Crippen LogP contribution in [-0.4, -0.2) is 23.1 Å². The van der Waals surface area contributed by atoms with E-state index in [0.717, 1.165) is 45.0 Å². The van der Waals surface area contributed by atoms with Crippen LogP contribution >= 0.6 is 11.3 Å². The average molecular weight is 535 g/mol. The number of fused-ring (bicyclic) bond motifs is 1. The number of nitrogens with two attached hydrogens (primary N) is 1. The summed E-state index contributed by atoms with van der Waals surface area (Å²) in [4.78, 5) is 19.4. The van der Waals surface area contributed by atoms with E-state index in [1.54, 1.807) is 31.4 Å². The average Bonchev–Trinajstić information content (AvgIpc) is 3.53. The van der Waals surface area contributed by atoms with E-state index in [9.17, 15) is 9.90 Å². The van der Waals surface area contributed by atoms with E-state index in [2.05, 4.69) is 5.27 Å². The number of anilines is 1. The summed E-state index contributed by atoms with van der Waals surface area (Å²) in [6, 6.07) is 26.5. The molecule has 0 saturated heterocycles. The number of methoxy groups -OCH3 is 1. The van der Waals surface area contributed by atoms with E-state index in [-0.39, 0.29) is 16.3 Å². The summed E-state index contributed by atoms with van der Waals surface area (Å²) >= 11 is 1.14. The summed E-state index contributed by atoms with van der Waals surface area (Å²) < 4.78 is 11.4. The minimum absolute atomic E-state index is 0.197. The third kappa shape index (κ3) is 4.28. The third-order valence-electron chi connectivity index (χ3n) is 6.48. The topological polar surface area (TPSA) is 118 Å². The molecule has 0 spiro atoms. The van der Waals surface area contributed by atoms with Gasteiger partial charge in [-0.1, -0.05) is 48.0 Å². The highest BCUT2D eigenvalue weighted by Crippen LogP contribution is 2.42. The van der Waals surface area contributed by atoms with Crippen LogP contribution < -0.4 is 20.3 Å². The summed E-state index contributed by atoms with van der Waals surface area (Å²) in [6.45, 7) is 2.02. The predicted molar refractivity (Wildman–Crippen MR) is 147 cm³/mol. The van der Waals surface area contributed by atoms with E-state index < -0.39 is 11.7 Å². The van der Waals surface area contributed by atoms with Gasteiger partial charge in [0.05, 0.1) is 23.8 Å². The van der Waals surface area contributed by atoms with Gasteiger partial charge in [-0.05, 0) is 53.1 Å². The third-order valence-corrected chi connectivity index (χ3v) is 7.58. The quantitative estimate of drug-likeness (QED) is 0.233. The Bertz CT molecular complexity index is 1830. The highest BCUT2D eigenvalue weighted by molar-refractivity contribution is 7.21. The lowest BCUT2D eigenvalue weighted by Crippen LogP contribution is -2.39. The van der Waals surface area contributed by atoms with Crippen molar-refractivity contribution in [1.82, 2.24) is 10.3 Å². The highest BCUT2D eigenvalue weighted by atomic mass is 32.1. The van der Waals surface area contributed by atoms with Gasteiger partial charge in [-0.15, -0.1) is 11.3 Å². The first-order valence-electron chi connectivity index (χ1n) is 12.1. The molecule has 8 nitrogen and oxygen atoms in total. The zero-order chi connectivity index (χ0) is 27.1. The van der Waals surface area contributed by atoms with E-state index >= 15 is 0 Å². The van der Waals surface area contributed by atoms with Crippen molar-refractivity contribution in [3.8, 4) is 39.8 Å².